The minimum absolute atomic E-state index is 0.131. The number of hydrogen-bond donors (Lipinski definition) is 2. The van der Waals surface area contributed by atoms with Crippen molar-refractivity contribution in [2.75, 3.05) is 0 Å². The van der Waals surface area contributed by atoms with Gasteiger partial charge in [-0.1, -0.05) is 19.3 Å². The van der Waals surface area contributed by atoms with Crippen LogP contribution in [-0.2, 0) is 15.9 Å². The van der Waals surface area contributed by atoms with E-state index in [0.717, 1.165) is 25.7 Å². The molecule has 1 saturated carbocycles. The normalized spacial score (nSPS) is 18.4. The van der Waals surface area contributed by atoms with Gasteiger partial charge < -0.3 is 0 Å². The Morgan fingerprint density at radius 2 is 2.00 bits per heavy atom. The molecule has 0 unspecified atom stereocenters. The quantitative estimate of drug-likeness (QED) is 0.795. The molecule has 17 heavy (non-hydrogen) atoms. The predicted molar refractivity (Wildman–Crippen MR) is 62.4 cm³/mol. The van der Waals surface area contributed by atoms with Crippen molar-refractivity contribution < 1.29 is 13.0 Å². The van der Waals surface area contributed by atoms with Gasteiger partial charge in [0.25, 0.3) is 15.7 Å². The maximum atomic E-state index is 11.7. The van der Waals surface area contributed by atoms with E-state index in [0.29, 0.717) is 0 Å². The van der Waals surface area contributed by atoms with Crippen LogP contribution in [0.4, 0.5) is 0 Å². The molecule has 0 amide bonds. The Morgan fingerprint density at radius 1 is 1.35 bits per heavy atom. The van der Waals surface area contributed by atoms with Crippen LogP contribution in [-0.4, -0.2) is 22.8 Å². The summed E-state index contributed by atoms with van der Waals surface area (Å²) in [6.45, 7) is 0. The van der Waals surface area contributed by atoms with Crippen molar-refractivity contribution in [2.24, 2.45) is 0 Å². The molecule has 0 bridgehead atoms. The van der Waals surface area contributed by atoms with Crippen molar-refractivity contribution in [2.45, 2.75) is 43.9 Å². The Kier molecular flexibility index (Phi) is 3.39. The molecule has 1 aromatic heterocycles. The standard InChI is InChI=1S/C10H16N2O4S/c13-10-6-8(7-17(14,15)16)11-12(10)9-4-2-1-3-5-9/h6,9,11H,1-5,7H2,(H,14,15,16). The lowest BCUT2D eigenvalue weighted by atomic mass is 9.96. The van der Waals surface area contributed by atoms with Crippen molar-refractivity contribution in [1.29, 1.82) is 0 Å². The number of aromatic nitrogens is 2. The lowest BCUT2D eigenvalue weighted by molar-refractivity contribution is 0.322. The van der Waals surface area contributed by atoms with E-state index >= 15 is 0 Å². The maximum Gasteiger partial charge on any atom is 0.270 e. The average molecular weight is 260 g/mol. The second kappa shape index (κ2) is 4.66. The number of H-pyrrole nitrogens is 1. The molecular formula is C10H16N2O4S. The third-order valence-corrected chi connectivity index (χ3v) is 3.75. The predicted octanol–water partition coefficient (Wildman–Crippen LogP) is 1.07. The van der Waals surface area contributed by atoms with Gasteiger partial charge in [-0.05, 0) is 12.8 Å². The first-order valence-corrected chi connectivity index (χ1v) is 7.32. The van der Waals surface area contributed by atoms with E-state index in [2.05, 4.69) is 5.10 Å². The lowest BCUT2D eigenvalue weighted by Gasteiger charge is -2.21. The first-order chi connectivity index (χ1) is 7.96. The molecule has 0 saturated heterocycles. The zero-order valence-electron chi connectivity index (χ0n) is 9.42. The van der Waals surface area contributed by atoms with E-state index in [9.17, 15) is 13.2 Å². The summed E-state index contributed by atoms with van der Waals surface area (Å²) in [5.74, 6) is -0.540. The molecule has 0 aromatic carbocycles. The van der Waals surface area contributed by atoms with E-state index < -0.39 is 15.9 Å². The van der Waals surface area contributed by atoms with Gasteiger partial charge >= 0.3 is 0 Å². The van der Waals surface area contributed by atoms with Gasteiger partial charge in [0.15, 0.2) is 0 Å². The van der Waals surface area contributed by atoms with E-state index in [4.69, 9.17) is 4.55 Å². The summed E-state index contributed by atoms with van der Waals surface area (Å²) in [4.78, 5) is 11.7. The van der Waals surface area contributed by atoms with Crippen molar-refractivity contribution in [1.82, 2.24) is 9.78 Å². The van der Waals surface area contributed by atoms with Gasteiger partial charge in [0.1, 0.15) is 5.75 Å². The Labute approximate surface area is 99.4 Å². The van der Waals surface area contributed by atoms with Gasteiger partial charge in [0.05, 0.1) is 11.7 Å². The van der Waals surface area contributed by atoms with Gasteiger partial charge in [-0.15, -0.1) is 0 Å². The summed E-state index contributed by atoms with van der Waals surface area (Å²) in [5.41, 5.74) is 0.0126. The molecular weight excluding hydrogens is 244 g/mol. The Morgan fingerprint density at radius 3 is 2.59 bits per heavy atom. The number of nitrogens with zero attached hydrogens (tertiary/aromatic N) is 1. The minimum atomic E-state index is -4.09. The Hall–Kier alpha value is -1.08. The molecule has 1 aliphatic carbocycles. The van der Waals surface area contributed by atoms with Gasteiger partial charge in [-0.3, -0.25) is 14.4 Å². The number of hydrogen-bond acceptors (Lipinski definition) is 3. The Bertz CT molecular complexity index is 537. The second-order valence-electron chi connectivity index (χ2n) is 4.51. The fraction of sp³-hybridized carbons (Fsp3) is 0.700. The van der Waals surface area contributed by atoms with Crippen molar-refractivity contribution in [3.63, 3.8) is 0 Å². The van der Waals surface area contributed by atoms with Crippen molar-refractivity contribution in [3.8, 4) is 0 Å². The monoisotopic (exact) mass is 260 g/mol. The van der Waals surface area contributed by atoms with Crippen molar-refractivity contribution >= 4 is 10.1 Å². The summed E-state index contributed by atoms with van der Waals surface area (Å²) in [6.07, 6.45) is 5.23. The summed E-state index contributed by atoms with van der Waals surface area (Å²) in [6, 6.07) is 1.37. The minimum Gasteiger partial charge on any atom is -0.298 e. The fourth-order valence-corrected chi connectivity index (χ4v) is 2.88. The largest absolute Gasteiger partial charge is 0.298 e. The summed E-state index contributed by atoms with van der Waals surface area (Å²) in [5, 5.41) is 2.77. The molecule has 0 spiro atoms. The summed E-state index contributed by atoms with van der Waals surface area (Å²) >= 11 is 0. The SMILES string of the molecule is O=c1cc(CS(=O)(=O)O)[nH]n1C1CCCCC1. The molecule has 96 valence electrons. The first-order valence-electron chi connectivity index (χ1n) is 5.71. The number of nitrogens with one attached hydrogen (secondary N) is 1. The molecule has 0 radical (unpaired) electrons. The summed E-state index contributed by atoms with van der Waals surface area (Å²) in [7, 11) is -4.09. The van der Waals surface area contributed by atoms with E-state index in [1.807, 2.05) is 0 Å². The molecule has 7 heteroatoms. The van der Waals surface area contributed by atoms with Gasteiger partial charge in [-0.2, -0.15) is 8.42 Å². The molecule has 2 rings (SSSR count). The number of aromatic amines is 1. The molecule has 2 N–H and O–H groups in total. The van der Waals surface area contributed by atoms with Crippen LogP contribution in [0.15, 0.2) is 10.9 Å². The molecule has 1 aromatic rings. The Balaban J connectivity index is 2.21. The highest BCUT2D eigenvalue weighted by molar-refractivity contribution is 7.84. The molecule has 0 aliphatic heterocycles. The van der Waals surface area contributed by atoms with Crippen LogP contribution in [0.25, 0.3) is 0 Å². The van der Waals surface area contributed by atoms with Crippen LogP contribution in [0.1, 0.15) is 43.8 Å². The highest BCUT2D eigenvalue weighted by Crippen LogP contribution is 2.26. The topological polar surface area (TPSA) is 92.2 Å². The third-order valence-electron chi connectivity index (χ3n) is 3.08. The van der Waals surface area contributed by atoms with Crippen LogP contribution in [0, 0.1) is 0 Å². The van der Waals surface area contributed by atoms with E-state index in [1.54, 1.807) is 0 Å². The smallest absolute Gasteiger partial charge is 0.270 e. The van der Waals surface area contributed by atoms with E-state index in [-0.39, 0.29) is 17.3 Å². The average Bonchev–Trinajstić information content (AvgIpc) is 2.58. The third kappa shape index (κ3) is 3.19. The number of rotatable bonds is 3. The van der Waals surface area contributed by atoms with Crippen molar-refractivity contribution in [3.05, 3.63) is 22.1 Å². The van der Waals surface area contributed by atoms with Crippen LogP contribution >= 0.6 is 0 Å². The zero-order chi connectivity index (χ0) is 12.5. The lowest BCUT2D eigenvalue weighted by Crippen LogP contribution is -2.23. The van der Waals surface area contributed by atoms with Crippen LogP contribution in [0.5, 0.6) is 0 Å². The first kappa shape index (κ1) is 12.4. The maximum absolute atomic E-state index is 11.7. The molecule has 0 atom stereocenters. The summed E-state index contributed by atoms with van der Waals surface area (Å²) < 4.78 is 31.7. The molecule has 1 aliphatic rings. The highest BCUT2D eigenvalue weighted by Gasteiger charge is 2.19. The zero-order valence-corrected chi connectivity index (χ0v) is 10.2. The highest BCUT2D eigenvalue weighted by atomic mass is 32.2. The second-order valence-corrected chi connectivity index (χ2v) is 5.96. The van der Waals surface area contributed by atoms with E-state index in [1.165, 1.54) is 17.2 Å². The fourth-order valence-electron chi connectivity index (χ4n) is 2.34. The molecule has 6 nitrogen and oxygen atoms in total. The van der Waals surface area contributed by atoms with Gasteiger partial charge in [0, 0.05) is 6.07 Å². The van der Waals surface area contributed by atoms with Gasteiger partial charge in [-0.25, -0.2) is 4.68 Å². The van der Waals surface area contributed by atoms with Gasteiger partial charge in [0.2, 0.25) is 0 Å². The molecule has 1 heterocycles. The van der Waals surface area contributed by atoms with Crippen LogP contribution < -0.4 is 5.56 Å². The molecule has 1 fully saturated rings. The van der Waals surface area contributed by atoms with Crippen LogP contribution in [0.2, 0.25) is 0 Å². The van der Waals surface area contributed by atoms with Crippen LogP contribution in [0.3, 0.4) is 0 Å².